The normalized spacial score (nSPS) is 30.2. The fourth-order valence-electron chi connectivity index (χ4n) is 3.65. The van der Waals surface area contributed by atoms with Gasteiger partial charge in [-0.3, -0.25) is 4.90 Å². The smallest absolute Gasteiger partial charge is 0.0645 e. The van der Waals surface area contributed by atoms with E-state index < -0.39 is 0 Å². The zero-order valence-electron chi connectivity index (χ0n) is 12.1. The van der Waals surface area contributed by atoms with Gasteiger partial charge in [0.05, 0.1) is 31.0 Å². The van der Waals surface area contributed by atoms with E-state index in [0.29, 0.717) is 11.5 Å². The molecule has 0 N–H and O–H groups in total. The quantitative estimate of drug-likeness (QED) is 0.754. The summed E-state index contributed by atoms with van der Waals surface area (Å²) in [5.41, 5.74) is 0.650. The van der Waals surface area contributed by atoms with E-state index in [0.717, 1.165) is 19.3 Å². The maximum atomic E-state index is 6.11. The van der Waals surface area contributed by atoms with Gasteiger partial charge in [0.15, 0.2) is 0 Å². The van der Waals surface area contributed by atoms with Crippen LogP contribution in [0.4, 0.5) is 0 Å². The highest BCUT2D eigenvalue weighted by Crippen LogP contribution is 2.46. The Morgan fingerprint density at radius 3 is 2.17 bits per heavy atom. The Balaban J connectivity index is 1.43. The number of ether oxygens (including phenoxy) is 2. The van der Waals surface area contributed by atoms with Crippen molar-refractivity contribution < 1.29 is 9.47 Å². The summed E-state index contributed by atoms with van der Waals surface area (Å²) in [7, 11) is 0. The van der Waals surface area contributed by atoms with Crippen LogP contribution < -0.4 is 0 Å². The van der Waals surface area contributed by atoms with Crippen molar-refractivity contribution in [2.24, 2.45) is 5.41 Å². The molecule has 18 heavy (non-hydrogen) atoms. The van der Waals surface area contributed by atoms with E-state index in [1.807, 2.05) is 0 Å². The molecule has 3 nitrogen and oxygen atoms in total. The van der Waals surface area contributed by atoms with Crippen molar-refractivity contribution in [1.82, 2.24) is 4.90 Å². The van der Waals surface area contributed by atoms with Crippen molar-refractivity contribution in [2.45, 2.75) is 64.2 Å². The van der Waals surface area contributed by atoms with E-state index in [2.05, 4.69) is 25.7 Å². The van der Waals surface area contributed by atoms with E-state index in [1.165, 1.54) is 38.8 Å². The zero-order chi connectivity index (χ0) is 12.8. The van der Waals surface area contributed by atoms with Crippen LogP contribution >= 0.6 is 0 Å². The molecule has 1 aliphatic carbocycles. The molecule has 0 radical (unpaired) electrons. The summed E-state index contributed by atoms with van der Waals surface area (Å²) < 4.78 is 11.4. The minimum absolute atomic E-state index is 0.0179. The first-order valence-corrected chi connectivity index (χ1v) is 7.46. The molecule has 2 heterocycles. The van der Waals surface area contributed by atoms with Gasteiger partial charge in [-0.2, -0.15) is 0 Å². The van der Waals surface area contributed by atoms with Crippen molar-refractivity contribution in [2.75, 3.05) is 26.3 Å². The number of nitrogens with zero attached hydrogens (tertiary/aromatic N) is 1. The van der Waals surface area contributed by atoms with Crippen LogP contribution in [0, 0.1) is 5.41 Å². The molecule has 1 spiro atoms. The summed E-state index contributed by atoms with van der Waals surface area (Å²) in [6.07, 6.45) is 5.73. The minimum Gasteiger partial charge on any atom is -0.378 e. The maximum absolute atomic E-state index is 6.11. The van der Waals surface area contributed by atoms with Gasteiger partial charge in [0.25, 0.3) is 0 Å². The van der Waals surface area contributed by atoms with Crippen LogP contribution in [0.2, 0.25) is 0 Å². The van der Waals surface area contributed by atoms with Crippen molar-refractivity contribution in [3.05, 3.63) is 0 Å². The molecule has 0 aromatic rings. The average Bonchev–Trinajstić information content (AvgIpc) is 2.13. The average molecular weight is 253 g/mol. The Kier molecular flexibility index (Phi) is 3.20. The molecule has 0 bridgehead atoms. The number of rotatable bonds is 2. The van der Waals surface area contributed by atoms with Crippen LogP contribution in [0.3, 0.4) is 0 Å². The molecular formula is C15H27NO2. The van der Waals surface area contributed by atoms with Crippen molar-refractivity contribution >= 4 is 0 Å². The van der Waals surface area contributed by atoms with Gasteiger partial charge >= 0.3 is 0 Å². The molecule has 2 aliphatic heterocycles. The van der Waals surface area contributed by atoms with E-state index in [-0.39, 0.29) is 5.60 Å². The van der Waals surface area contributed by atoms with E-state index in [4.69, 9.17) is 9.47 Å². The lowest BCUT2D eigenvalue weighted by Gasteiger charge is -2.57. The molecule has 2 saturated heterocycles. The molecule has 0 aromatic heterocycles. The topological polar surface area (TPSA) is 21.7 Å². The monoisotopic (exact) mass is 253 g/mol. The first-order chi connectivity index (χ1) is 8.46. The summed E-state index contributed by atoms with van der Waals surface area (Å²) in [4.78, 5) is 2.62. The Hall–Kier alpha value is -0.120. The van der Waals surface area contributed by atoms with Gasteiger partial charge in [0, 0.05) is 13.1 Å². The highest BCUT2D eigenvalue weighted by Gasteiger charge is 2.48. The van der Waals surface area contributed by atoms with Crippen molar-refractivity contribution in [3.63, 3.8) is 0 Å². The second-order valence-corrected chi connectivity index (χ2v) is 7.53. The van der Waals surface area contributed by atoms with Crippen LogP contribution in [-0.4, -0.2) is 49.0 Å². The lowest BCUT2D eigenvalue weighted by Crippen LogP contribution is -2.65. The predicted octanol–water partition coefficient (Wildman–Crippen LogP) is 2.44. The lowest BCUT2D eigenvalue weighted by molar-refractivity contribution is -0.157. The van der Waals surface area contributed by atoms with Crippen molar-refractivity contribution in [1.29, 1.82) is 0 Å². The van der Waals surface area contributed by atoms with Crippen LogP contribution in [-0.2, 0) is 9.47 Å². The molecule has 0 unspecified atom stereocenters. The third-order valence-corrected chi connectivity index (χ3v) is 4.73. The highest BCUT2D eigenvalue weighted by atomic mass is 16.5. The van der Waals surface area contributed by atoms with E-state index >= 15 is 0 Å². The van der Waals surface area contributed by atoms with Crippen LogP contribution in [0.1, 0.15) is 46.5 Å². The molecule has 3 rings (SSSR count). The molecule has 0 aromatic carbocycles. The Morgan fingerprint density at radius 1 is 1.11 bits per heavy atom. The predicted molar refractivity (Wildman–Crippen MR) is 71.7 cm³/mol. The molecule has 0 amide bonds. The first-order valence-electron chi connectivity index (χ1n) is 7.46. The molecule has 104 valence electrons. The Bertz CT molecular complexity index is 290. The molecule has 3 aliphatic rings. The number of hydrogen-bond donors (Lipinski definition) is 0. The molecule has 3 heteroatoms. The molecule has 1 saturated carbocycles. The molecule has 0 atom stereocenters. The van der Waals surface area contributed by atoms with E-state index in [9.17, 15) is 0 Å². The van der Waals surface area contributed by atoms with Gasteiger partial charge in [-0.1, -0.05) is 0 Å². The second kappa shape index (κ2) is 4.46. The van der Waals surface area contributed by atoms with Crippen LogP contribution in [0.15, 0.2) is 0 Å². The van der Waals surface area contributed by atoms with Gasteiger partial charge in [-0.25, -0.2) is 0 Å². The standard InChI is InChI=1S/C15H27NO2/c1-14(2,3)18-13-4-6-15(7-5-13)10-16(11-15)12-8-17-9-12/h12-13H,4-11H2,1-3H3. The van der Waals surface area contributed by atoms with Gasteiger partial charge in [0.1, 0.15) is 0 Å². The number of likely N-dealkylation sites (tertiary alicyclic amines) is 1. The molecular weight excluding hydrogens is 226 g/mol. The fourth-order valence-corrected chi connectivity index (χ4v) is 3.65. The van der Waals surface area contributed by atoms with E-state index in [1.54, 1.807) is 0 Å². The van der Waals surface area contributed by atoms with Crippen LogP contribution in [0.25, 0.3) is 0 Å². The number of hydrogen-bond acceptors (Lipinski definition) is 3. The maximum Gasteiger partial charge on any atom is 0.0645 e. The third kappa shape index (κ3) is 2.59. The zero-order valence-corrected chi connectivity index (χ0v) is 12.1. The third-order valence-electron chi connectivity index (χ3n) is 4.73. The van der Waals surface area contributed by atoms with Crippen molar-refractivity contribution in [3.8, 4) is 0 Å². The Labute approximate surface area is 111 Å². The second-order valence-electron chi connectivity index (χ2n) is 7.53. The van der Waals surface area contributed by atoms with Gasteiger partial charge < -0.3 is 9.47 Å². The summed E-state index contributed by atoms with van der Waals surface area (Å²) in [6, 6.07) is 0.735. The van der Waals surface area contributed by atoms with Gasteiger partial charge in [-0.15, -0.1) is 0 Å². The SMILES string of the molecule is CC(C)(C)OC1CCC2(CC1)CN(C1COC1)C2. The molecule has 3 fully saturated rings. The summed E-state index contributed by atoms with van der Waals surface area (Å²) in [5, 5.41) is 0. The summed E-state index contributed by atoms with van der Waals surface area (Å²) in [5.74, 6) is 0. The van der Waals surface area contributed by atoms with Gasteiger partial charge in [0.2, 0.25) is 0 Å². The fraction of sp³-hybridized carbons (Fsp3) is 1.00. The lowest BCUT2D eigenvalue weighted by atomic mass is 9.67. The summed E-state index contributed by atoms with van der Waals surface area (Å²) in [6.45, 7) is 11.0. The summed E-state index contributed by atoms with van der Waals surface area (Å²) >= 11 is 0. The largest absolute Gasteiger partial charge is 0.378 e. The van der Waals surface area contributed by atoms with Gasteiger partial charge in [-0.05, 0) is 51.9 Å². The first kappa shape index (κ1) is 12.9. The Morgan fingerprint density at radius 2 is 1.72 bits per heavy atom. The minimum atomic E-state index is 0.0179. The van der Waals surface area contributed by atoms with Crippen LogP contribution in [0.5, 0.6) is 0 Å². The highest BCUT2D eigenvalue weighted by molar-refractivity contribution is 5.01.